The fourth-order valence-electron chi connectivity index (χ4n) is 5.91. The summed E-state index contributed by atoms with van der Waals surface area (Å²) in [4.78, 5) is 30.5. The second-order valence-corrected chi connectivity index (χ2v) is 10.1. The van der Waals surface area contributed by atoms with Crippen molar-refractivity contribution in [3.05, 3.63) is 59.7 Å². The summed E-state index contributed by atoms with van der Waals surface area (Å²) >= 11 is 0. The monoisotopic (exact) mass is 519 g/mol. The van der Waals surface area contributed by atoms with Crippen LogP contribution >= 0.6 is 0 Å². The lowest BCUT2D eigenvalue weighted by Crippen LogP contribution is -2.67. The topological polar surface area (TPSA) is 95.5 Å². The molecule has 2 aromatic rings. The Labute approximate surface area is 224 Å². The van der Waals surface area contributed by atoms with Crippen molar-refractivity contribution in [1.82, 2.24) is 20.5 Å². The van der Waals surface area contributed by atoms with Gasteiger partial charge in [-0.2, -0.15) is 5.10 Å². The van der Waals surface area contributed by atoms with Gasteiger partial charge < -0.3 is 19.7 Å². The minimum absolute atomic E-state index is 0.0209. The molecule has 1 saturated carbocycles. The molecule has 38 heavy (non-hydrogen) atoms. The molecule has 202 valence electrons. The van der Waals surface area contributed by atoms with Crippen LogP contribution in [0.1, 0.15) is 49.7 Å². The zero-order valence-electron chi connectivity index (χ0n) is 22.2. The quantitative estimate of drug-likeness (QED) is 0.501. The average molecular weight is 520 g/mol. The number of methoxy groups -OCH3 is 2. The van der Waals surface area contributed by atoms with Gasteiger partial charge in [0.1, 0.15) is 17.3 Å². The number of hydrogen-bond donors (Lipinski definition) is 2. The molecular weight excluding hydrogens is 482 g/mol. The highest BCUT2D eigenvalue weighted by Gasteiger charge is 2.50. The molecule has 9 heteroatoms. The summed E-state index contributed by atoms with van der Waals surface area (Å²) in [5.74, 6) is 2.56. The van der Waals surface area contributed by atoms with Crippen molar-refractivity contribution < 1.29 is 19.1 Å². The Kier molecular flexibility index (Phi) is 8.00. The van der Waals surface area contributed by atoms with Crippen LogP contribution in [-0.2, 0) is 22.6 Å². The molecule has 3 unspecified atom stereocenters. The number of benzene rings is 2. The highest BCUT2D eigenvalue weighted by molar-refractivity contribution is 5.91. The van der Waals surface area contributed by atoms with Crippen LogP contribution in [-0.4, -0.2) is 60.5 Å². The van der Waals surface area contributed by atoms with E-state index in [0.717, 1.165) is 54.1 Å². The fraction of sp³-hybridized carbons (Fsp3) is 0.483. The summed E-state index contributed by atoms with van der Waals surface area (Å²) in [7, 11) is 3.27. The van der Waals surface area contributed by atoms with E-state index in [1.165, 1.54) is 0 Å². The zero-order chi connectivity index (χ0) is 26.5. The molecule has 0 aromatic heterocycles. The standard InChI is InChI=1S/C29H37N5O4/c1-37-22-12-13-25(38-2)21(18-22)16-17-30-27(35)15-14-26-31-32-29-33(19-20-8-4-3-5-9-20)28(36)23-10-6-7-11-24(23)34(26)29/h3-5,8-9,12-13,18,23-24,29,32H,6-7,10-11,14-17,19H2,1-2H3,(H,30,35). The van der Waals surface area contributed by atoms with Gasteiger partial charge in [-0.05, 0) is 48.6 Å². The van der Waals surface area contributed by atoms with E-state index in [1.54, 1.807) is 14.2 Å². The fourth-order valence-corrected chi connectivity index (χ4v) is 5.91. The van der Waals surface area contributed by atoms with Gasteiger partial charge in [-0.15, -0.1) is 0 Å². The van der Waals surface area contributed by atoms with Gasteiger partial charge in [-0.1, -0.05) is 43.2 Å². The summed E-state index contributed by atoms with van der Waals surface area (Å²) in [5.41, 5.74) is 5.30. The summed E-state index contributed by atoms with van der Waals surface area (Å²) in [6.07, 6.45) is 5.25. The molecule has 2 aromatic carbocycles. The second kappa shape index (κ2) is 11.8. The second-order valence-electron chi connectivity index (χ2n) is 10.1. The molecule has 0 spiro atoms. The van der Waals surface area contributed by atoms with E-state index in [9.17, 15) is 9.59 Å². The third-order valence-corrected chi connectivity index (χ3v) is 7.83. The SMILES string of the molecule is COc1ccc(OC)c(CCNC(=O)CCC2=NNC3N(Cc4ccccc4)C(=O)C4CCCCC4N23)c1. The molecule has 2 aliphatic heterocycles. The number of nitrogens with one attached hydrogen (secondary N) is 2. The first-order valence-electron chi connectivity index (χ1n) is 13.5. The molecule has 0 radical (unpaired) electrons. The number of hydrazone groups is 1. The van der Waals surface area contributed by atoms with Crippen LogP contribution in [0.5, 0.6) is 11.5 Å². The third-order valence-electron chi connectivity index (χ3n) is 7.83. The van der Waals surface area contributed by atoms with Crippen molar-refractivity contribution in [3.63, 3.8) is 0 Å². The molecule has 0 bridgehead atoms. The molecular formula is C29H37N5O4. The van der Waals surface area contributed by atoms with Crippen LogP contribution in [0.4, 0.5) is 0 Å². The normalized spacial score (nSPS) is 22.2. The van der Waals surface area contributed by atoms with Crippen LogP contribution in [0.2, 0.25) is 0 Å². The van der Waals surface area contributed by atoms with E-state index in [0.29, 0.717) is 32.4 Å². The van der Waals surface area contributed by atoms with Crippen molar-refractivity contribution >= 4 is 17.6 Å². The number of carbonyl (C=O) groups excluding carboxylic acids is 2. The Morgan fingerprint density at radius 2 is 1.89 bits per heavy atom. The van der Waals surface area contributed by atoms with Gasteiger partial charge in [0.05, 0.1) is 20.1 Å². The first-order valence-corrected chi connectivity index (χ1v) is 13.5. The van der Waals surface area contributed by atoms with E-state index < -0.39 is 0 Å². The van der Waals surface area contributed by atoms with Gasteiger partial charge in [0.15, 0.2) is 6.29 Å². The molecule has 2 N–H and O–H groups in total. The van der Waals surface area contributed by atoms with Crippen LogP contribution in [0.25, 0.3) is 0 Å². The third kappa shape index (κ3) is 5.42. The maximum Gasteiger partial charge on any atom is 0.231 e. The number of hydrogen-bond acceptors (Lipinski definition) is 7. The number of rotatable bonds is 10. The van der Waals surface area contributed by atoms with Crippen LogP contribution in [0.15, 0.2) is 53.6 Å². The van der Waals surface area contributed by atoms with E-state index in [2.05, 4.69) is 20.7 Å². The van der Waals surface area contributed by atoms with Gasteiger partial charge in [-0.25, -0.2) is 0 Å². The number of amides is 2. The lowest BCUT2D eigenvalue weighted by Gasteiger charge is -2.50. The number of carbonyl (C=O) groups is 2. The lowest BCUT2D eigenvalue weighted by molar-refractivity contribution is -0.156. The van der Waals surface area contributed by atoms with E-state index in [-0.39, 0.29) is 30.1 Å². The molecule has 3 atom stereocenters. The summed E-state index contributed by atoms with van der Waals surface area (Å²) in [6.45, 7) is 1.04. The molecule has 3 aliphatic rings. The highest BCUT2D eigenvalue weighted by Crippen LogP contribution is 2.38. The Hall–Kier alpha value is -3.75. The Morgan fingerprint density at radius 3 is 2.68 bits per heavy atom. The number of amidine groups is 1. The summed E-state index contributed by atoms with van der Waals surface area (Å²) in [5, 5.41) is 7.65. The van der Waals surface area contributed by atoms with Gasteiger partial charge in [0, 0.05) is 32.0 Å². The van der Waals surface area contributed by atoms with E-state index in [4.69, 9.17) is 9.47 Å². The van der Waals surface area contributed by atoms with Crippen molar-refractivity contribution in [3.8, 4) is 11.5 Å². The average Bonchev–Trinajstić information content (AvgIpc) is 3.38. The van der Waals surface area contributed by atoms with Crippen molar-refractivity contribution in [1.29, 1.82) is 0 Å². The zero-order valence-corrected chi connectivity index (χ0v) is 22.2. The Bertz CT molecular complexity index is 1170. The minimum atomic E-state index is -0.305. The maximum atomic E-state index is 13.5. The summed E-state index contributed by atoms with van der Waals surface area (Å²) in [6, 6.07) is 15.9. The molecule has 2 heterocycles. The van der Waals surface area contributed by atoms with Gasteiger partial charge >= 0.3 is 0 Å². The summed E-state index contributed by atoms with van der Waals surface area (Å²) < 4.78 is 10.8. The predicted octanol–water partition coefficient (Wildman–Crippen LogP) is 3.25. The first-order chi connectivity index (χ1) is 18.6. The smallest absolute Gasteiger partial charge is 0.231 e. The highest BCUT2D eigenvalue weighted by atomic mass is 16.5. The largest absolute Gasteiger partial charge is 0.497 e. The molecule has 1 aliphatic carbocycles. The molecule has 2 amide bonds. The van der Waals surface area contributed by atoms with Crippen LogP contribution in [0.3, 0.4) is 0 Å². The van der Waals surface area contributed by atoms with Gasteiger partial charge in [0.25, 0.3) is 0 Å². The minimum Gasteiger partial charge on any atom is -0.497 e. The molecule has 1 saturated heterocycles. The van der Waals surface area contributed by atoms with Crippen molar-refractivity contribution in [2.45, 2.75) is 63.8 Å². The maximum absolute atomic E-state index is 13.5. The number of ether oxygens (including phenoxy) is 2. The van der Waals surface area contributed by atoms with Gasteiger partial charge in [0.2, 0.25) is 11.8 Å². The van der Waals surface area contributed by atoms with Crippen LogP contribution in [0, 0.1) is 5.92 Å². The van der Waals surface area contributed by atoms with E-state index in [1.807, 2.05) is 53.4 Å². The molecule has 5 rings (SSSR count). The molecule has 2 fully saturated rings. The van der Waals surface area contributed by atoms with Crippen LogP contribution < -0.4 is 20.2 Å². The van der Waals surface area contributed by atoms with Crippen molar-refractivity contribution in [2.75, 3.05) is 20.8 Å². The van der Waals surface area contributed by atoms with Crippen molar-refractivity contribution in [2.24, 2.45) is 11.0 Å². The Balaban J connectivity index is 1.20. The first kappa shape index (κ1) is 25.9. The predicted molar refractivity (Wildman–Crippen MR) is 144 cm³/mol. The van der Waals surface area contributed by atoms with E-state index >= 15 is 0 Å². The van der Waals surface area contributed by atoms with Gasteiger partial charge in [-0.3, -0.25) is 19.9 Å². The number of nitrogens with zero attached hydrogens (tertiary/aromatic N) is 3. The number of fused-ring (bicyclic) bond motifs is 3. The Morgan fingerprint density at radius 1 is 1.08 bits per heavy atom. The molecule has 9 nitrogen and oxygen atoms in total. The lowest BCUT2D eigenvalue weighted by atomic mass is 9.80.